The number of carbonyl (C=O) groups is 2. The number of carboxylic acid groups (broad SMARTS) is 1. The topological polar surface area (TPSA) is 77.8 Å². The van der Waals surface area contributed by atoms with Gasteiger partial charge in [0.2, 0.25) is 0 Å². The maximum absolute atomic E-state index is 10.7. The lowest BCUT2D eigenvalue weighted by Crippen LogP contribution is -2.38. The molecule has 64 valence electrons. The maximum atomic E-state index is 10.7. The van der Waals surface area contributed by atoms with Gasteiger partial charge in [-0.3, -0.25) is 4.79 Å². The van der Waals surface area contributed by atoms with E-state index in [1.807, 2.05) is 0 Å². The van der Waals surface area contributed by atoms with E-state index in [0.717, 1.165) is 4.90 Å². The van der Waals surface area contributed by atoms with Crippen LogP contribution >= 0.6 is 0 Å². The number of nitrogens with zero attached hydrogens (tertiary/aromatic N) is 1. The van der Waals surface area contributed by atoms with Gasteiger partial charge in [0.15, 0.2) is 0 Å². The molecule has 0 atom stereocenters. The summed E-state index contributed by atoms with van der Waals surface area (Å²) in [6.45, 7) is 1.80. The molecule has 0 aliphatic rings. The van der Waals surface area contributed by atoms with Crippen LogP contribution in [0.2, 0.25) is 0 Å². The molecule has 0 unspecified atom stereocenters. The summed E-state index contributed by atoms with van der Waals surface area (Å²) in [6, 6.07) is 0. The molecule has 0 aliphatic heterocycles. The molecule has 0 bridgehead atoms. The Hall–Kier alpha value is -1.10. The van der Waals surface area contributed by atoms with Crippen molar-refractivity contribution in [3.8, 4) is 0 Å². The molecule has 0 rings (SSSR count). The molecule has 1 amide bonds. The third-order valence-corrected chi connectivity index (χ3v) is 1.22. The van der Waals surface area contributed by atoms with Crippen molar-refractivity contribution in [2.24, 2.45) is 0 Å². The molecule has 0 aliphatic carbocycles. The van der Waals surface area contributed by atoms with E-state index >= 15 is 0 Å². The first kappa shape index (κ1) is 9.90. The third kappa shape index (κ3) is 2.99. The van der Waals surface area contributed by atoms with Crippen LogP contribution in [0.1, 0.15) is 6.92 Å². The van der Waals surface area contributed by atoms with Crippen LogP contribution < -0.4 is 0 Å². The minimum Gasteiger partial charge on any atom is -0.474 e. The maximum Gasteiger partial charge on any atom is 0.394 e. The van der Waals surface area contributed by atoms with Crippen molar-refractivity contribution in [2.45, 2.75) is 6.92 Å². The van der Waals surface area contributed by atoms with Crippen LogP contribution in [0.3, 0.4) is 0 Å². The van der Waals surface area contributed by atoms with Crippen LogP contribution in [-0.4, -0.2) is 46.7 Å². The number of amides is 1. The second-order valence-electron chi connectivity index (χ2n) is 1.91. The van der Waals surface area contributed by atoms with Crippen LogP contribution in [-0.2, 0) is 9.59 Å². The van der Waals surface area contributed by atoms with Crippen LogP contribution in [0, 0.1) is 0 Å². The highest BCUT2D eigenvalue weighted by Crippen LogP contribution is 1.88. The van der Waals surface area contributed by atoms with E-state index in [1.54, 1.807) is 6.92 Å². The Morgan fingerprint density at radius 2 is 2.00 bits per heavy atom. The Bertz CT molecular complexity index is 157. The fraction of sp³-hybridized carbons (Fsp3) is 0.667. The molecule has 2 N–H and O–H groups in total. The number of hydrogen-bond acceptors (Lipinski definition) is 3. The Morgan fingerprint density at radius 3 is 2.27 bits per heavy atom. The standard InChI is InChI=1S/C6H11NO4/c1-2-7(3-4-8)5(9)6(10)11/h8H,2-4H2,1H3,(H,10,11). The zero-order valence-electron chi connectivity index (χ0n) is 6.28. The summed E-state index contributed by atoms with van der Waals surface area (Å²) in [4.78, 5) is 21.8. The second kappa shape index (κ2) is 4.68. The molecule has 11 heavy (non-hydrogen) atoms. The van der Waals surface area contributed by atoms with E-state index in [2.05, 4.69) is 0 Å². The molecule has 0 heterocycles. The van der Waals surface area contributed by atoms with Gasteiger partial charge >= 0.3 is 11.9 Å². The Morgan fingerprint density at radius 1 is 1.45 bits per heavy atom. The minimum atomic E-state index is -1.49. The fourth-order valence-corrected chi connectivity index (χ4v) is 0.659. The van der Waals surface area contributed by atoms with Gasteiger partial charge in [0, 0.05) is 13.1 Å². The van der Waals surface area contributed by atoms with Crippen LogP contribution in [0.5, 0.6) is 0 Å². The number of carbonyl (C=O) groups excluding carboxylic acids is 1. The number of aliphatic hydroxyl groups is 1. The molecule has 0 saturated heterocycles. The predicted octanol–water partition coefficient (Wildman–Crippen LogP) is -1.09. The first-order valence-corrected chi connectivity index (χ1v) is 3.26. The van der Waals surface area contributed by atoms with Crippen molar-refractivity contribution in [3.05, 3.63) is 0 Å². The lowest BCUT2D eigenvalue weighted by atomic mass is 10.4. The van der Waals surface area contributed by atoms with E-state index in [9.17, 15) is 9.59 Å². The highest BCUT2D eigenvalue weighted by atomic mass is 16.4. The van der Waals surface area contributed by atoms with Crippen molar-refractivity contribution in [3.63, 3.8) is 0 Å². The Kier molecular flexibility index (Phi) is 4.21. The van der Waals surface area contributed by atoms with E-state index < -0.39 is 11.9 Å². The van der Waals surface area contributed by atoms with Crippen molar-refractivity contribution < 1.29 is 19.8 Å². The normalized spacial score (nSPS) is 9.27. The largest absolute Gasteiger partial charge is 0.474 e. The van der Waals surface area contributed by atoms with Crippen LogP contribution in [0.25, 0.3) is 0 Å². The molecule has 0 aromatic carbocycles. The van der Waals surface area contributed by atoms with Gasteiger partial charge in [-0.25, -0.2) is 4.79 Å². The summed E-state index contributed by atoms with van der Waals surface area (Å²) in [7, 11) is 0. The van der Waals surface area contributed by atoms with Gasteiger partial charge in [-0.2, -0.15) is 0 Å². The number of aliphatic hydroxyl groups excluding tert-OH is 1. The smallest absolute Gasteiger partial charge is 0.394 e. The lowest BCUT2D eigenvalue weighted by Gasteiger charge is -2.16. The second-order valence-corrected chi connectivity index (χ2v) is 1.91. The summed E-state index contributed by atoms with van der Waals surface area (Å²) in [5.41, 5.74) is 0. The van der Waals surface area contributed by atoms with Crippen molar-refractivity contribution in [2.75, 3.05) is 19.7 Å². The molecular weight excluding hydrogens is 150 g/mol. The van der Waals surface area contributed by atoms with Gasteiger partial charge < -0.3 is 15.1 Å². The Labute approximate surface area is 64.2 Å². The van der Waals surface area contributed by atoms with E-state index in [0.29, 0.717) is 6.54 Å². The molecule has 0 radical (unpaired) electrons. The average molecular weight is 161 g/mol. The number of hydrogen-bond donors (Lipinski definition) is 2. The molecule has 0 fully saturated rings. The van der Waals surface area contributed by atoms with Crippen LogP contribution in [0.4, 0.5) is 0 Å². The van der Waals surface area contributed by atoms with E-state index in [-0.39, 0.29) is 13.2 Å². The fourth-order valence-electron chi connectivity index (χ4n) is 0.659. The van der Waals surface area contributed by atoms with Gasteiger partial charge in [0.25, 0.3) is 0 Å². The van der Waals surface area contributed by atoms with E-state index in [4.69, 9.17) is 10.2 Å². The number of aliphatic carboxylic acids is 1. The highest BCUT2D eigenvalue weighted by molar-refractivity contribution is 6.31. The van der Waals surface area contributed by atoms with Gasteiger partial charge in [-0.05, 0) is 6.92 Å². The summed E-state index contributed by atoms with van der Waals surface area (Å²) < 4.78 is 0. The zero-order chi connectivity index (χ0) is 8.85. The molecule has 5 heteroatoms. The quantitative estimate of drug-likeness (QED) is 0.516. The minimum absolute atomic E-state index is 0.0711. The molecule has 0 spiro atoms. The van der Waals surface area contributed by atoms with Gasteiger partial charge in [0.1, 0.15) is 0 Å². The first-order valence-electron chi connectivity index (χ1n) is 3.26. The van der Waals surface area contributed by atoms with Gasteiger partial charge in [-0.15, -0.1) is 0 Å². The summed E-state index contributed by atoms with van der Waals surface area (Å²) in [6.07, 6.45) is 0. The number of carboxylic acids is 1. The SMILES string of the molecule is CCN(CCO)C(=O)C(=O)O. The third-order valence-electron chi connectivity index (χ3n) is 1.22. The molecular formula is C6H11NO4. The highest BCUT2D eigenvalue weighted by Gasteiger charge is 2.17. The lowest BCUT2D eigenvalue weighted by molar-refractivity contribution is -0.156. The summed E-state index contributed by atoms with van der Waals surface area (Å²) >= 11 is 0. The Balaban J connectivity index is 4.02. The number of likely N-dealkylation sites (N-methyl/N-ethyl adjacent to an activating group) is 1. The summed E-state index contributed by atoms with van der Waals surface area (Å²) in [5, 5.41) is 16.6. The average Bonchev–Trinajstić information content (AvgIpc) is 1.98. The van der Waals surface area contributed by atoms with E-state index in [1.165, 1.54) is 0 Å². The monoisotopic (exact) mass is 161 g/mol. The zero-order valence-corrected chi connectivity index (χ0v) is 6.28. The predicted molar refractivity (Wildman–Crippen MR) is 37.0 cm³/mol. The molecule has 0 aromatic heterocycles. The van der Waals surface area contributed by atoms with Crippen molar-refractivity contribution >= 4 is 11.9 Å². The first-order chi connectivity index (χ1) is 5.13. The van der Waals surface area contributed by atoms with Gasteiger partial charge in [-0.1, -0.05) is 0 Å². The van der Waals surface area contributed by atoms with Crippen molar-refractivity contribution in [1.82, 2.24) is 4.90 Å². The molecule has 0 saturated carbocycles. The van der Waals surface area contributed by atoms with Crippen molar-refractivity contribution in [1.29, 1.82) is 0 Å². The number of rotatable bonds is 3. The van der Waals surface area contributed by atoms with Crippen LogP contribution in [0.15, 0.2) is 0 Å². The molecule has 0 aromatic rings. The molecule has 5 nitrogen and oxygen atoms in total. The summed E-state index contributed by atoms with van der Waals surface area (Å²) in [5.74, 6) is -2.46. The van der Waals surface area contributed by atoms with Gasteiger partial charge in [0.05, 0.1) is 6.61 Å².